The van der Waals surface area contributed by atoms with Crippen molar-refractivity contribution in [2.24, 2.45) is 0 Å². The van der Waals surface area contributed by atoms with E-state index in [-0.39, 0.29) is 5.91 Å². The number of hydrogen-bond acceptors (Lipinski definition) is 3. The minimum atomic E-state index is -0.0872. The number of anilines is 2. The van der Waals surface area contributed by atoms with Gasteiger partial charge in [0, 0.05) is 11.4 Å². The van der Waals surface area contributed by atoms with Crippen LogP contribution in [-0.2, 0) is 4.79 Å². The highest BCUT2D eigenvalue weighted by Gasteiger charge is 2.05. The van der Waals surface area contributed by atoms with Gasteiger partial charge in [-0.15, -0.1) is 0 Å². The molecule has 0 bridgehead atoms. The van der Waals surface area contributed by atoms with Crippen molar-refractivity contribution in [1.29, 1.82) is 0 Å². The zero-order valence-corrected chi connectivity index (χ0v) is 12.3. The van der Waals surface area contributed by atoms with Crippen LogP contribution in [0.25, 0.3) is 0 Å². The van der Waals surface area contributed by atoms with E-state index < -0.39 is 0 Å². The first-order valence-electron chi connectivity index (χ1n) is 6.90. The maximum absolute atomic E-state index is 11.9. The maximum Gasteiger partial charge on any atom is 0.227 e. The second kappa shape index (κ2) is 6.79. The number of ether oxygens (including phenoxy) is 1. The lowest BCUT2D eigenvalue weighted by molar-refractivity contribution is -0.116. The summed E-state index contributed by atoms with van der Waals surface area (Å²) in [6.07, 6.45) is 0.294. The lowest BCUT2D eigenvalue weighted by Gasteiger charge is -2.10. The summed E-state index contributed by atoms with van der Waals surface area (Å²) in [7, 11) is 0. The largest absolute Gasteiger partial charge is 0.493 e. The van der Waals surface area contributed by atoms with Gasteiger partial charge in [-0.05, 0) is 43.7 Å². The molecule has 21 heavy (non-hydrogen) atoms. The van der Waals surface area contributed by atoms with Crippen LogP contribution in [0.3, 0.4) is 0 Å². The van der Waals surface area contributed by atoms with Crippen LogP contribution in [0.5, 0.6) is 5.75 Å². The van der Waals surface area contributed by atoms with Gasteiger partial charge in [0.05, 0.1) is 13.0 Å². The number of nitrogens with one attached hydrogen (secondary N) is 1. The number of hydrogen-bond donors (Lipinski definition) is 2. The molecule has 0 saturated carbocycles. The van der Waals surface area contributed by atoms with Crippen LogP contribution >= 0.6 is 0 Å². The number of benzene rings is 2. The van der Waals surface area contributed by atoms with Gasteiger partial charge < -0.3 is 15.8 Å². The van der Waals surface area contributed by atoms with Crippen LogP contribution in [0.4, 0.5) is 11.4 Å². The third kappa shape index (κ3) is 4.53. The molecule has 0 heterocycles. The van der Waals surface area contributed by atoms with Gasteiger partial charge in [0.15, 0.2) is 0 Å². The third-order valence-corrected chi connectivity index (χ3v) is 3.15. The monoisotopic (exact) mass is 284 g/mol. The first-order valence-corrected chi connectivity index (χ1v) is 6.90. The van der Waals surface area contributed by atoms with E-state index in [2.05, 4.69) is 5.32 Å². The summed E-state index contributed by atoms with van der Waals surface area (Å²) < 4.78 is 5.54. The quantitative estimate of drug-likeness (QED) is 0.828. The van der Waals surface area contributed by atoms with Crippen LogP contribution in [0.15, 0.2) is 42.5 Å². The molecule has 0 aliphatic carbocycles. The van der Waals surface area contributed by atoms with Gasteiger partial charge in [0.2, 0.25) is 5.91 Å². The highest BCUT2D eigenvalue weighted by molar-refractivity contribution is 5.92. The van der Waals surface area contributed by atoms with E-state index in [0.717, 1.165) is 17.0 Å². The van der Waals surface area contributed by atoms with Crippen LogP contribution in [-0.4, -0.2) is 12.5 Å². The highest BCUT2D eigenvalue weighted by atomic mass is 16.5. The predicted molar refractivity (Wildman–Crippen MR) is 85.5 cm³/mol. The zero-order valence-electron chi connectivity index (χ0n) is 12.3. The number of carbonyl (C=O) groups is 1. The second-order valence-electron chi connectivity index (χ2n) is 5.03. The lowest BCUT2D eigenvalue weighted by atomic mass is 10.2. The number of aryl methyl sites for hydroxylation is 2. The number of rotatable bonds is 5. The summed E-state index contributed by atoms with van der Waals surface area (Å²) in [5.41, 5.74) is 9.25. The van der Waals surface area contributed by atoms with Crippen LogP contribution < -0.4 is 15.8 Å². The van der Waals surface area contributed by atoms with Crippen molar-refractivity contribution >= 4 is 17.3 Å². The molecule has 4 nitrogen and oxygen atoms in total. The molecule has 0 unspecified atom stereocenters. The molecule has 0 atom stereocenters. The standard InChI is InChI=1S/C17H20N2O2/c1-12-3-7-15(8-4-12)21-10-9-17(20)19-16-11-14(18)6-5-13(16)2/h3-8,11H,9-10,18H2,1-2H3,(H,19,20). The molecule has 2 rings (SSSR count). The molecule has 3 N–H and O–H groups in total. The summed E-state index contributed by atoms with van der Waals surface area (Å²) in [6, 6.07) is 13.2. The molecule has 110 valence electrons. The third-order valence-electron chi connectivity index (χ3n) is 3.15. The number of carbonyl (C=O) groups excluding carboxylic acids is 1. The first kappa shape index (κ1) is 14.9. The van der Waals surface area contributed by atoms with Crippen molar-refractivity contribution in [3.63, 3.8) is 0 Å². The van der Waals surface area contributed by atoms with Gasteiger partial charge in [0.25, 0.3) is 0 Å². The Bertz CT molecular complexity index is 621. The Labute approximate surface area is 124 Å². The second-order valence-corrected chi connectivity index (χ2v) is 5.03. The zero-order chi connectivity index (χ0) is 15.2. The van der Waals surface area contributed by atoms with E-state index in [9.17, 15) is 4.79 Å². The summed E-state index contributed by atoms with van der Waals surface area (Å²) in [6.45, 7) is 4.29. The number of nitrogen functional groups attached to an aromatic ring is 1. The first-order chi connectivity index (χ1) is 10.0. The summed E-state index contributed by atoms with van der Waals surface area (Å²) in [5.74, 6) is 0.685. The summed E-state index contributed by atoms with van der Waals surface area (Å²) in [4.78, 5) is 11.9. The van der Waals surface area contributed by atoms with Crippen molar-refractivity contribution in [3.05, 3.63) is 53.6 Å². The molecule has 4 heteroatoms. The van der Waals surface area contributed by atoms with E-state index in [1.165, 1.54) is 5.56 Å². The number of nitrogens with two attached hydrogens (primary N) is 1. The molecule has 0 aliphatic heterocycles. The highest BCUT2D eigenvalue weighted by Crippen LogP contribution is 2.18. The predicted octanol–water partition coefficient (Wildman–Crippen LogP) is 3.29. The van der Waals surface area contributed by atoms with Crippen molar-refractivity contribution in [2.75, 3.05) is 17.7 Å². The van der Waals surface area contributed by atoms with E-state index in [0.29, 0.717) is 18.7 Å². The molecular formula is C17H20N2O2. The molecule has 2 aromatic rings. The summed E-state index contributed by atoms with van der Waals surface area (Å²) in [5, 5.41) is 2.85. The molecule has 0 aromatic heterocycles. The Morgan fingerprint density at radius 1 is 1.14 bits per heavy atom. The Hall–Kier alpha value is -2.49. The van der Waals surface area contributed by atoms with Crippen LogP contribution in [0.1, 0.15) is 17.5 Å². The summed E-state index contributed by atoms with van der Waals surface area (Å²) >= 11 is 0. The number of amides is 1. The van der Waals surface area contributed by atoms with Gasteiger partial charge in [-0.25, -0.2) is 0 Å². The molecular weight excluding hydrogens is 264 g/mol. The van der Waals surface area contributed by atoms with Crippen molar-refractivity contribution in [1.82, 2.24) is 0 Å². The fourth-order valence-corrected chi connectivity index (χ4v) is 1.88. The Morgan fingerprint density at radius 3 is 2.57 bits per heavy atom. The van der Waals surface area contributed by atoms with Crippen molar-refractivity contribution in [2.45, 2.75) is 20.3 Å². The Morgan fingerprint density at radius 2 is 1.86 bits per heavy atom. The van der Waals surface area contributed by atoms with Crippen LogP contribution in [0, 0.1) is 13.8 Å². The Kier molecular flexibility index (Phi) is 4.82. The van der Waals surface area contributed by atoms with E-state index >= 15 is 0 Å². The molecule has 0 aliphatic rings. The fraction of sp³-hybridized carbons (Fsp3) is 0.235. The van der Waals surface area contributed by atoms with Crippen molar-refractivity contribution in [3.8, 4) is 5.75 Å². The molecule has 1 amide bonds. The van der Waals surface area contributed by atoms with Gasteiger partial charge in [-0.2, -0.15) is 0 Å². The average molecular weight is 284 g/mol. The fourth-order valence-electron chi connectivity index (χ4n) is 1.88. The molecule has 2 aromatic carbocycles. The molecule has 0 radical (unpaired) electrons. The molecule has 0 saturated heterocycles. The smallest absolute Gasteiger partial charge is 0.227 e. The maximum atomic E-state index is 11.9. The van der Waals surface area contributed by atoms with E-state index in [1.54, 1.807) is 6.07 Å². The van der Waals surface area contributed by atoms with Gasteiger partial charge in [-0.1, -0.05) is 23.8 Å². The Balaban J connectivity index is 1.82. The normalized spacial score (nSPS) is 10.2. The molecule has 0 spiro atoms. The lowest BCUT2D eigenvalue weighted by Crippen LogP contribution is -2.16. The van der Waals surface area contributed by atoms with Crippen molar-refractivity contribution < 1.29 is 9.53 Å². The minimum absolute atomic E-state index is 0.0872. The van der Waals surface area contributed by atoms with Crippen LogP contribution in [0.2, 0.25) is 0 Å². The van der Waals surface area contributed by atoms with Gasteiger partial charge in [0.1, 0.15) is 5.75 Å². The SMILES string of the molecule is Cc1ccc(OCCC(=O)Nc2cc(N)ccc2C)cc1. The topological polar surface area (TPSA) is 64.3 Å². The van der Waals surface area contributed by atoms with Gasteiger partial charge in [-0.3, -0.25) is 4.79 Å². The minimum Gasteiger partial charge on any atom is -0.493 e. The molecule has 0 fully saturated rings. The average Bonchev–Trinajstić information content (AvgIpc) is 2.45. The van der Waals surface area contributed by atoms with Gasteiger partial charge >= 0.3 is 0 Å². The van der Waals surface area contributed by atoms with E-state index in [4.69, 9.17) is 10.5 Å². The van der Waals surface area contributed by atoms with E-state index in [1.807, 2.05) is 50.2 Å².